The Bertz CT molecular complexity index is 509. The van der Waals surface area contributed by atoms with Crippen LogP contribution in [0.15, 0.2) is 30.7 Å². The van der Waals surface area contributed by atoms with E-state index in [0.717, 1.165) is 24.3 Å². The first-order chi connectivity index (χ1) is 8.76. The van der Waals surface area contributed by atoms with Gasteiger partial charge in [-0.15, -0.1) is 0 Å². The minimum Gasteiger partial charge on any atom is -0.305 e. The van der Waals surface area contributed by atoms with Crippen LogP contribution in [0.2, 0.25) is 0 Å². The molecule has 0 bridgehead atoms. The smallest absolute Gasteiger partial charge is 0.141 e. The number of halogens is 1. The third-order valence-electron chi connectivity index (χ3n) is 2.81. The Morgan fingerprint density at radius 1 is 1.39 bits per heavy atom. The van der Waals surface area contributed by atoms with E-state index in [0.29, 0.717) is 0 Å². The summed E-state index contributed by atoms with van der Waals surface area (Å²) in [6, 6.07) is 3.37. The minimum absolute atomic E-state index is 0.0827. The first-order valence-electron chi connectivity index (χ1n) is 6.11. The van der Waals surface area contributed by atoms with Gasteiger partial charge in [0.15, 0.2) is 0 Å². The third-order valence-corrected chi connectivity index (χ3v) is 2.81. The zero-order valence-corrected chi connectivity index (χ0v) is 10.6. The largest absolute Gasteiger partial charge is 0.305 e. The normalized spacial score (nSPS) is 12.6. The lowest BCUT2D eigenvalue weighted by Gasteiger charge is -2.19. The van der Waals surface area contributed by atoms with Crippen LogP contribution in [0.25, 0.3) is 0 Å². The van der Waals surface area contributed by atoms with Gasteiger partial charge in [-0.05, 0) is 31.2 Å². The van der Waals surface area contributed by atoms with E-state index in [1.807, 2.05) is 24.6 Å². The predicted octanol–water partition coefficient (Wildman–Crippen LogP) is 2.14. The summed E-state index contributed by atoms with van der Waals surface area (Å²) >= 11 is 0. The van der Waals surface area contributed by atoms with Gasteiger partial charge in [-0.2, -0.15) is 5.10 Å². The number of hydrogen-bond donors (Lipinski definition) is 1. The average Bonchev–Trinajstić information content (AvgIpc) is 2.84. The van der Waals surface area contributed by atoms with Crippen molar-refractivity contribution in [2.24, 2.45) is 0 Å². The van der Waals surface area contributed by atoms with Crippen LogP contribution in [0.5, 0.6) is 0 Å². The van der Waals surface area contributed by atoms with Gasteiger partial charge < -0.3 is 5.32 Å². The summed E-state index contributed by atoms with van der Waals surface area (Å²) in [4.78, 5) is 3.91. The lowest BCUT2D eigenvalue weighted by Crippen LogP contribution is -2.25. The van der Waals surface area contributed by atoms with Crippen molar-refractivity contribution in [2.75, 3.05) is 6.54 Å². The van der Waals surface area contributed by atoms with Gasteiger partial charge in [-0.1, -0.05) is 6.92 Å². The van der Waals surface area contributed by atoms with Crippen molar-refractivity contribution in [3.05, 3.63) is 47.8 Å². The number of nitrogens with zero attached hydrogens (tertiary/aromatic N) is 3. The molecule has 1 unspecified atom stereocenters. The van der Waals surface area contributed by atoms with Crippen LogP contribution in [-0.2, 0) is 6.54 Å². The molecule has 0 aromatic carbocycles. The molecule has 0 fully saturated rings. The number of pyridine rings is 1. The summed E-state index contributed by atoms with van der Waals surface area (Å²) in [6.45, 7) is 5.62. The fourth-order valence-electron chi connectivity index (χ4n) is 2.04. The maximum Gasteiger partial charge on any atom is 0.141 e. The molecule has 2 aromatic rings. The number of nitrogens with one attached hydrogen (secondary N) is 1. The van der Waals surface area contributed by atoms with Crippen molar-refractivity contribution in [3.63, 3.8) is 0 Å². The molecular formula is C13H17FN4. The molecule has 0 saturated carbocycles. The van der Waals surface area contributed by atoms with E-state index in [9.17, 15) is 4.39 Å². The summed E-state index contributed by atoms with van der Waals surface area (Å²) in [5, 5.41) is 7.58. The molecule has 0 aliphatic carbocycles. The molecule has 0 spiro atoms. The van der Waals surface area contributed by atoms with E-state index in [2.05, 4.69) is 15.4 Å². The Kier molecular flexibility index (Phi) is 4.04. The molecule has 0 aliphatic rings. The Labute approximate surface area is 106 Å². The van der Waals surface area contributed by atoms with Gasteiger partial charge >= 0.3 is 0 Å². The van der Waals surface area contributed by atoms with Gasteiger partial charge in [-0.25, -0.2) is 4.39 Å². The van der Waals surface area contributed by atoms with E-state index in [1.54, 1.807) is 12.4 Å². The maximum atomic E-state index is 13.3. The van der Waals surface area contributed by atoms with Crippen molar-refractivity contribution < 1.29 is 4.39 Å². The van der Waals surface area contributed by atoms with E-state index in [-0.39, 0.29) is 11.9 Å². The molecule has 1 N–H and O–H groups in total. The molecule has 2 heterocycles. The summed E-state index contributed by atoms with van der Waals surface area (Å²) in [5.74, 6) is -0.321. The lowest BCUT2D eigenvalue weighted by molar-refractivity contribution is 0.536. The van der Waals surface area contributed by atoms with E-state index >= 15 is 0 Å². The Balaban J connectivity index is 2.39. The molecule has 1 atom stereocenters. The summed E-state index contributed by atoms with van der Waals surface area (Å²) in [7, 11) is 0. The molecule has 18 heavy (non-hydrogen) atoms. The molecule has 4 nitrogen and oxygen atoms in total. The monoisotopic (exact) mass is 248 g/mol. The lowest BCUT2D eigenvalue weighted by atomic mass is 10.1. The molecule has 0 saturated heterocycles. The van der Waals surface area contributed by atoms with Gasteiger partial charge in [0.25, 0.3) is 0 Å². The van der Waals surface area contributed by atoms with Crippen molar-refractivity contribution in [2.45, 2.75) is 26.4 Å². The van der Waals surface area contributed by atoms with E-state index in [1.165, 1.54) is 12.3 Å². The first-order valence-corrected chi connectivity index (χ1v) is 6.11. The predicted molar refractivity (Wildman–Crippen MR) is 67.6 cm³/mol. The Morgan fingerprint density at radius 3 is 2.89 bits per heavy atom. The van der Waals surface area contributed by atoms with Crippen molar-refractivity contribution in [1.82, 2.24) is 20.1 Å². The summed E-state index contributed by atoms with van der Waals surface area (Å²) in [6.07, 6.45) is 4.66. The number of rotatable bonds is 5. The highest BCUT2D eigenvalue weighted by molar-refractivity contribution is 5.25. The van der Waals surface area contributed by atoms with Gasteiger partial charge in [0.05, 0.1) is 17.9 Å². The Hall–Kier alpha value is -1.75. The topological polar surface area (TPSA) is 42.7 Å². The molecule has 0 aliphatic heterocycles. The van der Waals surface area contributed by atoms with Gasteiger partial charge in [0.1, 0.15) is 5.82 Å². The maximum absolute atomic E-state index is 13.3. The van der Waals surface area contributed by atoms with Gasteiger partial charge in [-0.3, -0.25) is 9.67 Å². The van der Waals surface area contributed by atoms with Crippen molar-refractivity contribution in [1.29, 1.82) is 0 Å². The number of aromatic nitrogens is 3. The second-order valence-corrected chi connectivity index (χ2v) is 4.00. The van der Waals surface area contributed by atoms with Gasteiger partial charge in [0.2, 0.25) is 0 Å². The highest BCUT2D eigenvalue weighted by Crippen LogP contribution is 2.21. The summed E-state index contributed by atoms with van der Waals surface area (Å²) in [5.41, 5.74) is 1.83. The van der Waals surface area contributed by atoms with Crippen LogP contribution in [0.3, 0.4) is 0 Å². The van der Waals surface area contributed by atoms with Gasteiger partial charge in [0, 0.05) is 18.9 Å². The molecule has 5 heteroatoms. The van der Waals surface area contributed by atoms with E-state index in [4.69, 9.17) is 0 Å². The second kappa shape index (κ2) is 5.73. The van der Waals surface area contributed by atoms with Crippen molar-refractivity contribution in [3.8, 4) is 0 Å². The molecule has 96 valence electrons. The number of aryl methyl sites for hydroxylation is 1. The SMILES string of the molecule is CCNC(c1cncc(F)c1)c1ccnn1CC. The third kappa shape index (κ3) is 2.56. The molecular weight excluding hydrogens is 231 g/mol. The van der Waals surface area contributed by atoms with Crippen molar-refractivity contribution >= 4 is 0 Å². The highest BCUT2D eigenvalue weighted by Gasteiger charge is 2.17. The van der Waals surface area contributed by atoms with Crippen LogP contribution < -0.4 is 5.32 Å². The van der Waals surface area contributed by atoms with Crippen LogP contribution in [-0.4, -0.2) is 21.3 Å². The zero-order valence-electron chi connectivity index (χ0n) is 10.6. The highest BCUT2D eigenvalue weighted by atomic mass is 19.1. The summed E-state index contributed by atoms with van der Waals surface area (Å²) < 4.78 is 15.2. The standard InChI is InChI=1S/C13H17FN4/c1-3-16-13(10-7-11(14)9-15-8-10)12-5-6-17-18(12)4-2/h5-9,13,16H,3-4H2,1-2H3. The quantitative estimate of drug-likeness (QED) is 0.881. The first kappa shape index (κ1) is 12.7. The molecule has 2 rings (SSSR count). The van der Waals surface area contributed by atoms with Crippen LogP contribution in [0.1, 0.15) is 31.1 Å². The molecule has 0 amide bonds. The number of hydrogen-bond acceptors (Lipinski definition) is 3. The van der Waals surface area contributed by atoms with Crippen LogP contribution >= 0.6 is 0 Å². The van der Waals surface area contributed by atoms with Crippen LogP contribution in [0, 0.1) is 5.82 Å². The van der Waals surface area contributed by atoms with E-state index < -0.39 is 0 Å². The fourth-order valence-corrected chi connectivity index (χ4v) is 2.04. The minimum atomic E-state index is -0.321. The zero-order chi connectivity index (χ0) is 13.0. The molecule has 0 radical (unpaired) electrons. The average molecular weight is 248 g/mol. The second-order valence-electron chi connectivity index (χ2n) is 4.00. The fraction of sp³-hybridized carbons (Fsp3) is 0.385. The van der Waals surface area contributed by atoms with Crippen LogP contribution in [0.4, 0.5) is 4.39 Å². The molecule has 2 aromatic heterocycles. The Morgan fingerprint density at radius 2 is 2.22 bits per heavy atom.